The van der Waals surface area contributed by atoms with E-state index in [0.29, 0.717) is 12.3 Å². The van der Waals surface area contributed by atoms with E-state index in [1.54, 1.807) is 0 Å². The predicted molar refractivity (Wildman–Crippen MR) is 67.8 cm³/mol. The summed E-state index contributed by atoms with van der Waals surface area (Å²) < 4.78 is 0. The van der Waals surface area contributed by atoms with Crippen LogP contribution in [0.15, 0.2) is 18.2 Å². The molecule has 0 radical (unpaired) electrons. The van der Waals surface area contributed by atoms with Gasteiger partial charge in [-0.15, -0.1) is 0 Å². The minimum atomic E-state index is -1.10. The van der Waals surface area contributed by atoms with E-state index >= 15 is 0 Å². The van der Waals surface area contributed by atoms with E-state index in [1.165, 1.54) is 18.2 Å². The summed E-state index contributed by atoms with van der Waals surface area (Å²) in [6, 6.07) is 3.77. The summed E-state index contributed by atoms with van der Waals surface area (Å²) in [6.07, 6.45) is 1.08. The number of phenols is 1. The van der Waals surface area contributed by atoms with Crippen molar-refractivity contribution >= 4 is 17.6 Å². The number of hydrogen-bond donors (Lipinski definition) is 3. The van der Waals surface area contributed by atoms with E-state index in [9.17, 15) is 14.7 Å². The summed E-state index contributed by atoms with van der Waals surface area (Å²) in [5, 5.41) is 20.9. The third-order valence-electron chi connectivity index (χ3n) is 2.47. The number of benzene rings is 1. The molecule has 0 atom stereocenters. The van der Waals surface area contributed by atoms with Gasteiger partial charge in [0.2, 0.25) is 5.91 Å². The number of aromatic carboxylic acids is 1. The Morgan fingerprint density at radius 1 is 1.33 bits per heavy atom. The highest BCUT2D eigenvalue weighted by Gasteiger charge is 2.10. The van der Waals surface area contributed by atoms with Crippen molar-refractivity contribution in [3.05, 3.63) is 23.8 Å². The molecule has 3 N–H and O–H groups in total. The van der Waals surface area contributed by atoms with Crippen LogP contribution in [0.3, 0.4) is 0 Å². The van der Waals surface area contributed by atoms with E-state index < -0.39 is 5.97 Å². The summed E-state index contributed by atoms with van der Waals surface area (Å²) >= 11 is 0. The van der Waals surface area contributed by atoms with E-state index in [0.717, 1.165) is 6.42 Å². The summed E-state index contributed by atoms with van der Waals surface area (Å²) in [6.45, 7) is 4.02. The van der Waals surface area contributed by atoms with Gasteiger partial charge in [-0.2, -0.15) is 0 Å². The standard InChI is InChI=1S/C13H17NO4/c1-8(2)3-6-12(16)14-10-7-9(13(17)18)4-5-11(10)15/h4-5,7-8,15H,3,6H2,1-2H3,(H,14,16)(H,17,18). The number of carbonyl (C=O) groups excluding carboxylic acids is 1. The Kier molecular flexibility index (Phi) is 4.71. The molecule has 0 bridgehead atoms. The topological polar surface area (TPSA) is 86.6 Å². The molecule has 0 aliphatic carbocycles. The van der Waals surface area contributed by atoms with Gasteiger partial charge in [-0.3, -0.25) is 4.79 Å². The Balaban J connectivity index is 2.74. The molecule has 1 rings (SSSR count). The highest BCUT2D eigenvalue weighted by molar-refractivity contribution is 5.95. The van der Waals surface area contributed by atoms with Crippen molar-refractivity contribution in [2.75, 3.05) is 5.32 Å². The van der Waals surface area contributed by atoms with Gasteiger partial charge in [-0.05, 0) is 30.5 Å². The van der Waals surface area contributed by atoms with Crippen molar-refractivity contribution in [1.82, 2.24) is 0 Å². The van der Waals surface area contributed by atoms with Crippen LogP contribution in [0.2, 0.25) is 0 Å². The predicted octanol–water partition coefficient (Wildman–Crippen LogP) is 2.47. The molecule has 0 fully saturated rings. The number of amides is 1. The monoisotopic (exact) mass is 251 g/mol. The summed E-state index contributed by atoms with van der Waals surface area (Å²) in [5.74, 6) is -1.07. The largest absolute Gasteiger partial charge is 0.506 e. The van der Waals surface area contributed by atoms with E-state index in [2.05, 4.69) is 5.32 Å². The van der Waals surface area contributed by atoms with Gasteiger partial charge in [0.15, 0.2) is 0 Å². The van der Waals surface area contributed by atoms with Gasteiger partial charge in [0, 0.05) is 6.42 Å². The van der Waals surface area contributed by atoms with E-state index in [1.807, 2.05) is 13.8 Å². The number of hydrogen-bond acceptors (Lipinski definition) is 3. The fraction of sp³-hybridized carbons (Fsp3) is 0.385. The molecular weight excluding hydrogens is 234 g/mol. The van der Waals surface area contributed by atoms with Crippen LogP contribution in [-0.4, -0.2) is 22.1 Å². The smallest absolute Gasteiger partial charge is 0.335 e. The minimum Gasteiger partial charge on any atom is -0.506 e. The third kappa shape index (κ3) is 4.08. The van der Waals surface area contributed by atoms with Crippen molar-refractivity contribution < 1.29 is 19.8 Å². The fourth-order valence-corrected chi connectivity index (χ4v) is 1.40. The summed E-state index contributed by atoms with van der Waals surface area (Å²) in [7, 11) is 0. The van der Waals surface area contributed by atoms with Crippen LogP contribution in [0, 0.1) is 5.92 Å². The zero-order valence-electron chi connectivity index (χ0n) is 10.4. The Hall–Kier alpha value is -2.04. The van der Waals surface area contributed by atoms with Gasteiger partial charge in [0.1, 0.15) is 5.75 Å². The lowest BCUT2D eigenvalue weighted by Gasteiger charge is -2.09. The number of carboxylic acid groups (broad SMARTS) is 1. The molecule has 5 heteroatoms. The normalized spacial score (nSPS) is 10.4. The van der Waals surface area contributed by atoms with Crippen LogP contribution in [0.25, 0.3) is 0 Å². The van der Waals surface area contributed by atoms with Crippen LogP contribution in [0.4, 0.5) is 5.69 Å². The van der Waals surface area contributed by atoms with Crippen molar-refractivity contribution in [2.24, 2.45) is 5.92 Å². The Morgan fingerprint density at radius 2 is 2.00 bits per heavy atom. The Morgan fingerprint density at radius 3 is 2.56 bits per heavy atom. The van der Waals surface area contributed by atoms with Crippen molar-refractivity contribution in [2.45, 2.75) is 26.7 Å². The number of carbonyl (C=O) groups is 2. The Bertz CT molecular complexity index is 454. The molecule has 1 aromatic rings. The number of phenolic OH excluding ortho intramolecular Hbond substituents is 1. The number of aromatic hydroxyl groups is 1. The second-order valence-corrected chi connectivity index (χ2v) is 4.52. The molecule has 0 saturated heterocycles. The zero-order valence-corrected chi connectivity index (χ0v) is 10.4. The number of carboxylic acids is 1. The second kappa shape index (κ2) is 6.05. The first-order chi connectivity index (χ1) is 8.40. The molecule has 98 valence electrons. The van der Waals surface area contributed by atoms with Crippen LogP contribution in [-0.2, 0) is 4.79 Å². The van der Waals surface area contributed by atoms with Crippen LogP contribution < -0.4 is 5.32 Å². The van der Waals surface area contributed by atoms with Crippen molar-refractivity contribution in [3.8, 4) is 5.75 Å². The average Bonchev–Trinajstić information content (AvgIpc) is 2.29. The molecule has 0 aromatic heterocycles. The molecule has 0 saturated carbocycles. The second-order valence-electron chi connectivity index (χ2n) is 4.52. The maximum Gasteiger partial charge on any atom is 0.335 e. The third-order valence-corrected chi connectivity index (χ3v) is 2.47. The number of rotatable bonds is 5. The van der Waals surface area contributed by atoms with Crippen LogP contribution in [0.1, 0.15) is 37.0 Å². The first-order valence-corrected chi connectivity index (χ1v) is 5.76. The molecule has 0 spiro atoms. The van der Waals surface area contributed by atoms with Gasteiger partial charge < -0.3 is 15.5 Å². The maximum absolute atomic E-state index is 11.6. The SMILES string of the molecule is CC(C)CCC(=O)Nc1cc(C(=O)O)ccc1O. The van der Waals surface area contributed by atoms with Crippen molar-refractivity contribution in [3.63, 3.8) is 0 Å². The Labute approximate surface area is 105 Å². The van der Waals surface area contributed by atoms with Gasteiger partial charge in [0.25, 0.3) is 0 Å². The average molecular weight is 251 g/mol. The lowest BCUT2D eigenvalue weighted by molar-refractivity contribution is -0.116. The fourth-order valence-electron chi connectivity index (χ4n) is 1.40. The zero-order chi connectivity index (χ0) is 13.7. The molecule has 18 heavy (non-hydrogen) atoms. The molecule has 0 aliphatic heterocycles. The highest BCUT2D eigenvalue weighted by Crippen LogP contribution is 2.24. The van der Waals surface area contributed by atoms with Gasteiger partial charge in [-0.25, -0.2) is 4.79 Å². The first kappa shape index (κ1) is 14.0. The van der Waals surface area contributed by atoms with Gasteiger partial charge in [-0.1, -0.05) is 13.8 Å². The minimum absolute atomic E-state index is 0.0203. The summed E-state index contributed by atoms with van der Waals surface area (Å²) in [5.41, 5.74) is 0.149. The van der Waals surface area contributed by atoms with Gasteiger partial charge in [0.05, 0.1) is 11.3 Å². The molecule has 0 unspecified atom stereocenters. The molecule has 1 aromatic carbocycles. The molecule has 1 amide bonds. The lowest BCUT2D eigenvalue weighted by atomic mass is 10.1. The quantitative estimate of drug-likeness (QED) is 0.701. The molecule has 0 heterocycles. The number of anilines is 1. The van der Waals surface area contributed by atoms with E-state index in [-0.39, 0.29) is 22.9 Å². The lowest BCUT2D eigenvalue weighted by Crippen LogP contribution is -2.12. The first-order valence-electron chi connectivity index (χ1n) is 5.76. The number of nitrogens with one attached hydrogen (secondary N) is 1. The molecule has 5 nitrogen and oxygen atoms in total. The molecule has 0 aliphatic rings. The van der Waals surface area contributed by atoms with Crippen LogP contribution >= 0.6 is 0 Å². The van der Waals surface area contributed by atoms with E-state index in [4.69, 9.17) is 5.11 Å². The maximum atomic E-state index is 11.6. The summed E-state index contributed by atoms with van der Waals surface area (Å²) in [4.78, 5) is 22.4. The van der Waals surface area contributed by atoms with Crippen molar-refractivity contribution in [1.29, 1.82) is 0 Å². The van der Waals surface area contributed by atoms with Gasteiger partial charge >= 0.3 is 5.97 Å². The highest BCUT2D eigenvalue weighted by atomic mass is 16.4. The van der Waals surface area contributed by atoms with Crippen LogP contribution in [0.5, 0.6) is 5.75 Å². The molecular formula is C13H17NO4.